The highest BCUT2D eigenvalue weighted by Crippen LogP contribution is 2.42. The zero-order valence-electron chi connectivity index (χ0n) is 18.5. The van der Waals surface area contributed by atoms with Crippen LogP contribution in [0.1, 0.15) is 42.9 Å². The molecule has 2 amide bonds. The molecule has 1 N–H and O–H groups in total. The van der Waals surface area contributed by atoms with Crippen molar-refractivity contribution in [1.29, 1.82) is 0 Å². The van der Waals surface area contributed by atoms with Gasteiger partial charge in [0.25, 0.3) is 0 Å². The molecule has 0 aromatic carbocycles. The van der Waals surface area contributed by atoms with Gasteiger partial charge in [-0.3, -0.25) is 29.1 Å². The maximum absolute atomic E-state index is 12.9. The number of aromatic nitrogens is 2. The third-order valence-corrected chi connectivity index (χ3v) is 6.68. The largest absolute Gasteiger partial charge is 0.444 e. The number of carbonyl (C=O) groups excluding carboxylic acids is 4. The molecule has 9 nitrogen and oxygen atoms in total. The van der Waals surface area contributed by atoms with Gasteiger partial charge in [-0.05, 0) is 23.3 Å². The highest BCUT2D eigenvalue weighted by molar-refractivity contribution is 5.93. The molecule has 0 radical (unpaired) electrons. The normalized spacial score (nSPS) is 27.0. The maximum atomic E-state index is 12.9. The third-order valence-electron chi connectivity index (χ3n) is 6.68. The first-order valence-electron chi connectivity index (χ1n) is 10.9. The van der Waals surface area contributed by atoms with E-state index in [0.717, 1.165) is 11.1 Å². The van der Waals surface area contributed by atoms with E-state index in [9.17, 15) is 19.2 Å². The summed E-state index contributed by atoms with van der Waals surface area (Å²) in [4.78, 5) is 59.9. The van der Waals surface area contributed by atoms with Gasteiger partial charge < -0.3 is 15.0 Å². The van der Waals surface area contributed by atoms with E-state index < -0.39 is 23.8 Å². The lowest BCUT2D eigenvalue weighted by Gasteiger charge is -2.24. The number of hydrogen-bond donors (Lipinski definition) is 1. The summed E-state index contributed by atoms with van der Waals surface area (Å²) >= 11 is 0. The van der Waals surface area contributed by atoms with Gasteiger partial charge in [0.2, 0.25) is 11.8 Å². The number of rotatable bonds is 6. The molecule has 9 heteroatoms. The molecule has 2 aliphatic rings. The summed E-state index contributed by atoms with van der Waals surface area (Å²) < 4.78 is 5.33. The fourth-order valence-electron chi connectivity index (χ4n) is 4.93. The van der Waals surface area contributed by atoms with E-state index >= 15 is 0 Å². The fraction of sp³-hybridized carbons (Fsp3) is 0.417. The van der Waals surface area contributed by atoms with Gasteiger partial charge in [-0.25, -0.2) is 0 Å². The van der Waals surface area contributed by atoms with Gasteiger partial charge in [0.15, 0.2) is 6.73 Å². The highest BCUT2D eigenvalue weighted by atomic mass is 16.5. The number of ether oxygens (including phenoxy) is 1. The molecule has 1 aliphatic heterocycles. The van der Waals surface area contributed by atoms with Gasteiger partial charge >= 0.3 is 5.97 Å². The van der Waals surface area contributed by atoms with Crippen molar-refractivity contribution in [2.75, 3.05) is 13.8 Å². The van der Waals surface area contributed by atoms with Crippen molar-refractivity contribution in [2.24, 2.45) is 17.8 Å². The predicted octanol–water partition coefficient (Wildman–Crippen LogP) is 1.62. The van der Waals surface area contributed by atoms with Gasteiger partial charge in [-0.15, -0.1) is 0 Å². The average Bonchev–Trinajstić information content (AvgIpc) is 3.30. The SMILES string of the molecule is CC1C(=O)CC(C(=O)NCOC(=O)C2CC(=O)N(C)C2c2cccnc2)C1c1cccnc1. The lowest BCUT2D eigenvalue weighted by molar-refractivity contribution is -0.151. The highest BCUT2D eigenvalue weighted by Gasteiger charge is 2.45. The number of hydrogen-bond acceptors (Lipinski definition) is 7. The van der Waals surface area contributed by atoms with E-state index in [1.165, 1.54) is 4.90 Å². The van der Waals surface area contributed by atoms with Crippen LogP contribution < -0.4 is 5.32 Å². The Labute approximate surface area is 191 Å². The lowest BCUT2D eigenvalue weighted by Crippen LogP contribution is -2.36. The smallest absolute Gasteiger partial charge is 0.313 e. The van der Waals surface area contributed by atoms with Crippen LogP contribution in [-0.4, -0.2) is 52.2 Å². The van der Waals surface area contributed by atoms with Crippen molar-refractivity contribution in [1.82, 2.24) is 20.2 Å². The molecule has 5 atom stereocenters. The molecular weight excluding hydrogens is 424 g/mol. The Bertz CT molecular complexity index is 962. The van der Waals surface area contributed by atoms with Crippen molar-refractivity contribution < 1.29 is 23.9 Å². The second kappa shape index (κ2) is 9.48. The number of ketones is 1. The van der Waals surface area contributed by atoms with Crippen LogP contribution in [0.4, 0.5) is 0 Å². The Balaban J connectivity index is 1.38. The second-order valence-corrected chi connectivity index (χ2v) is 8.57. The number of amides is 2. The number of pyridine rings is 2. The zero-order chi connectivity index (χ0) is 23.5. The topological polar surface area (TPSA) is 119 Å². The van der Waals surface area contributed by atoms with Crippen LogP contribution in [0.25, 0.3) is 0 Å². The first kappa shape index (κ1) is 22.6. The van der Waals surface area contributed by atoms with Gasteiger partial charge in [0.1, 0.15) is 5.78 Å². The summed E-state index contributed by atoms with van der Waals surface area (Å²) in [6, 6.07) is 6.72. The molecule has 0 spiro atoms. The van der Waals surface area contributed by atoms with Crippen LogP contribution in [0.15, 0.2) is 49.1 Å². The molecule has 5 unspecified atom stereocenters. The van der Waals surface area contributed by atoms with E-state index in [1.54, 1.807) is 44.0 Å². The number of Topliss-reactive ketones (excluding diaryl/α,β-unsaturated/α-hetero) is 1. The van der Waals surface area contributed by atoms with Crippen LogP contribution in [0.2, 0.25) is 0 Å². The molecule has 1 saturated heterocycles. The summed E-state index contributed by atoms with van der Waals surface area (Å²) in [6.45, 7) is 1.49. The van der Waals surface area contributed by atoms with E-state index in [4.69, 9.17) is 4.74 Å². The summed E-state index contributed by atoms with van der Waals surface area (Å²) in [5.74, 6) is -2.89. The summed E-state index contributed by atoms with van der Waals surface area (Å²) in [5.41, 5.74) is 1.58. The minimum Gasteiger partial charge on any atom is -0.444 e. The lowest BCUT2D eigenvalue weighted by atomic mass is 9.84. The Morgan fingerprint density at radius 2 is 1.73 bits per heavy atom. The van der Waals surface area contributed by atoms with Crippen molar-refractivity contribution in [3.8, 4) is 0 Å². The van der Waals surface area contributed by atoms with Crippen LogP contribution >= 0.6 is 0 Å². The predicted molar refractivity (Wildman–Crippen MR) is 116 cm³/mol. The molecule has 2 aromatic heterocycles. The molecule has 4 rings (SSSR count). The number of likely N-dealkylation sites (tertiary alicyclic amines) is 1. The fourth-order valence-corrected chi connectivity index (χ4v) is 4.93. The molecule has 0 bridgehead atoms. The number of esters is 1. The Morgan fingerprint density at radius 1 is 1.06 bits per heavy atom. The molecule has 1 saturated carbocycles. The minimum atomic E-state index is -0.695. The van der Waals surface area contributed by atoms with Crippen LogP contribution in [-0.2, 0) is 23.9 Å². The minimum absolute atomic E-state index is 0.0211. The molecule has 172 valence electrons. The Morgan fingerprint density at radius 3 is 2.36 bits per heavy atom. The first-order valence-corrected chi connectivity index (χ1v) is 10.9. The van der Waals surface area contributed by atoms with E-state index in [2.05, 4.69) is 15.3 Å². The van der Waals surface area contributed by atoms with Crippen LogP contribution in [0.3, 0.4) is 0 Å². The van der Waals surface area contributed by atoms with Crippen LogP contribution in [0.5, 0.6) is 0 Å². The first-order chi connectivity index (χ1) is 15.9. The van der Waals surface area contributed by atoms with E-state index in [1.807, 2.05) is 19.1 Å². The molecule has 2 aromatic rings. The van der Waals surface area contributed by atoms with Crippen molar-refractivity contribution in [3.05, 3.63) is 60.2 Å². The molecular formula is C24H26N4O5. The van der Waals surface area contributed by atoms with Gasteiger partial charge in [-0.2, -0.15) is 0 Å². The zero-order valence-corrected chi connectivity index (χ0v) is 18.5. The summed E-state index contributed by atoms with van der Waals surface area (Å²) in [6.07, 6.45) is 6.72. The number of nitrogens with one attached hydrogen (secondary N) is 1. The standard InChI is InChI=1S/C24H26N4O5/c1-14-19(29)9-17(21(14)15-5-3-7-25-11-15)23(31)27-13-33-24(32)18-10-20(30)28(2)22(18)16-6-4-8-26-12-16/h3-8,11-12,14,17-18,21-22H,9-10,13H2,1-2H3,(H,27,31). The van der Waals surface area contributed by atoms with Gasteiger partial charge in [0.05, 0.1) is 17.9 Å². The third kappa shape index (κ3) is 4.48. The monoisotopic (exact) mass is 450 g/mol. The molecule has 3 heterocycles. The number of carbonyl (C=O) groups is 4. The average molecular weight is 450 g/mol. The molecule has 2 fully saturated rings. The van der Waals surface area contributed by atoms with E-state index in [-0.39, 0.29) is 49.0 Å². The van der Waals surface area contributed by atoms with Crippen molar-refractivity contribution in [2.45, 2.75) is 31.7 Å². The molecule has 33 heavy (non-hydrogen) atoms. The van der Waals surface area contributed by atoms with Gasteiger partial charge in [-0.1, -0.05) is 19.1 Å². The van der Waals surface area contributed by atoms with E-state index in [0.29, 0.717) is 0 Å². The maximum Gasteiger partial charge on any atom is 0.313 e. The Kier molecular flexibility index (Phi) is 6.48. The van der Waals surface area contributed by atoms with Crippen molar-refractivity contribution in [3.63, 3.8) is 0 Å². The Hall–Kier alpha value is -3.62. The van der Waals surface area contributed by atoms with Gasteiger partial charge in [0, 0.05) is 56.5 Å². The molecule has 1 aliphatic carbocycles. The quantitative estimate of drug-likeness (QED) is 0.525. The second-order valence-electron chi connectivity index (χ2n) is 8.57. The van der Waals surface area contributed by atoms with Crippen molar-refractivity contribution >= 4 is 23.6 Å². The van der Waals surface area contributed by atoms with Crippen LogP contribution in [0, 0.1) is 17.8 Å². The summed E-state index contributed by atoms with van der Waals surface area (Å²) in [5, 5.41) is 2.63. The number of nitrogens with zero attached hydrogens (tertiary/aromatic N) is 3. The summed E-state index contributed by atoms with van der Waals surface area (Å²) in [7, 11) is 1.64.